The van der Waals surface area contributed by atoms with Gasteiger partial charge in [-0.1, -0.05) is 48.0 Å². The van der Waals surface area contributed by atoms with E-state index in [0.717, 1.165) is 16.7 Å². The van der Waals surface area contributed by atoms with E-state index in [1.807, 2.05) is 56.3 Å². The van der Waals surface area contributed by atoms with Gasteiger partial charge in [0, 0.05) is 0 Å². The van der Waals surface area contributed by atoms with Crippen LogP contribution in [-0.2, 0) is 9.84 Å². The lowest BCUT2D eigenvalue weighted by Crippen LogP contribution is -2.18. The van der Waals surface area contributed by atoms with Crippen molar-refractivity contribution >= 4 is 9.84 Å². The number of hydrogen-bond donors (Lipinski definition) is 1. The van der Waals surface area contributed by atoms with Crippen molar-refractivity contribution in [2.45, 2.75) is 30.4 Å². The van der Waals surface area contributed by atoms with Gasteiger partial charge in [-0.15, -0.1) is 0 Å². The van der Waals surface area contributed by atoms with Gasteiger partial charge in [0.05, 0.1) is 10.1 Å². The van der Waals surface area contributed by atoms with Gasteiger partial charge in [-0.25, -0.2) is 8.42 Å². The first-order chi connectivity index (χ1) is 9.96. The molecule has 0 heterocycles. The second-order valence-corrected chi connectivity index (χ2v) is 7.39. The average molecular weight is 303 g/mol. The molecule has 0 radical (unpaired) electrons. The van der Waals surface area contributed by atoms with Gasteiger partial charge in [-0.2, -0.15) is 0 Å². The zero-order valence-electron chi connectivity index (χ0n) is 12.4. The van der Waals surface area contributed by atoms with E-state index in [9.17, 15) is 8.42 Å². The van der Waals surface area contributed by atoms with Crippen molar-refractivity contribution < 1.29 is 8.42 Å². The Balaban J connectivity index is 2.53. The van der Waals surface area contributed by atoms with Gasteiger partial charge in [0.15, 0.2) is 9.84 Å². The standard InChI is InChI=1S/C17H21NO2S/c1-13-8-9-16(14(2)12-13)21(19,20)17(10-11-18)15-6-4-3-5-7-15/h3-9,12,17H,10-11,18H2,1-2H3. The highest BCUT2D eigenvalue weighted by Crippen LogP contribution is 2.33. The minimum atomic E-state index is -3.44. The zero-order valence-corrected chi connectivity index (χ0v) is 13.2. The van der Waals surface area contributed by atoms with Gasteiger partial charge < -0.3 is 5.73 Å². The van der Waals surface area contributed by atoms with E-state index < -0.39 is 15.1 Å². The number of sulfone groups is 1. The van der Waals surface area contributed by atoms with Gasteiger partial charge in [0.2, 0.25) is 0 Å². The topological polar surface area (TPSA) is 60.2 Å². The van der Waals surface area contributed by atoms with E-state index in [2.05, 4.69) is 0 Å². The van der Waals surface area contributed by atoms with Crippen molar-refractivity contribution in [1.29, 1.82) is 0 Å². The molecule has 0 aliphatic heterocycles. The summed E-state index contributed by atoms with van der Waals surface area (Å²) in [5.74, 6) is 0. The molecule has 2 rings (SSSR count). The summed E-state index contributed by atoms with van der Waals surface area (Å²) in [6.07, 6.45) is 0.416. The SMILES string of the molecule is Cc1ccc(S(=O)(=O)C(CCN)c2ccccc2)c(C)c1. The Labute approximate surface area is 126 Å². The smallest absolute Gasteiger partial charge is 0.185 e. The molecule has 4 heteroatoms. The Kier molecular flexibility index (Phi) is 4.80. The van der Waals surface area contributed by atoms with Crippen LogP contribution in [0.1, 0.15) is 28.4 Å². The van der Waals surface area contributed by atoms with Crippen LogP contribution in [0.15, 0.2) is 53.4 Å². The predicted octanol–water partition coefficient (Wildman–Crippen LogP) is 3.17. The van der Waals surface area contributed by atoms with Crippen LogP contribution < -0.4 is 5.73 Å². The maximum absolute atomic E-state index is 13.0. The lowest BCUT2D eigenvalue weighted by Gasteiger charge is -2.19. The Hall–Kier alpha value is -1.65. The molecule has 1 atom stereocenters. The van der Waals surface area contributed by atoms with Crippen LogP contribution in [0, 0.1) is 13.8 Å². The highest BCUT2D eigenvalue weighted by molar-refractivity contribution is 7.91. The first-order valence-corrected chi connectivity index (χ1v) is 8.57. The normalized spacial score (nSPS) is 13.1. The van der Waals surface area contributed by atoms with Crippen molar-refractivity contribution in [3.05, 3.63) is 65.2 Å². The summed E-state index contributed by atoms with van der Waals surface area (Å²) in [6, 6.07) is 14.7. The van der Waals surface area contributed by atoms with Crippen molar-refractivity contribution in [3.63, 3.8) is 0 Å². The van der Waals surface area contributed by atoms with E-state index in [1.54, 1.807) is 6.07 Å². The third-order valence-corrected chi connectivity index (χ3v) is 5.94. The van der Waals surface area contributed by atoms with Crippen LogP contribution in [0.2, 0.25) is 0 Å². The molecule has 0 bridgehead atoms. The van der Waals surface area contributed by atoms with Crippen LogP contribution >= 0.6 is 0 Å². The van der Waals surface area contributed by atoms with Gasteiger partial charge >= 0.3 is 0 Å². The fraction of sp³-hybridized carbons (Fsp3) is 0.294. The van der Waals surface area contributed by atoms with Crippen LogP contribution in [0.4, 0.5) is 0 Å². The molecule has 2 aromatic rings. The lowest BCUT2D eigenvalue weighted by atomic mass is 10.1. The summed E-state index contributed by atoms with van der Waals surface area (Å²) in [7, 11) is -3.44. The molecule has 0 saturated carbocycles. The largest absolute Gasteiger partial charge is 0.330 e. The second kappa shape index (κ2) is 6.41. The first kappa shape index (κ1) is 15.7. The molecule has 21 heavy (non-hydrogen) atoms. The minimum Gasteiger partial charge on any atom is -0.330 e. The Bertz CT molecular complexity index is 709. The fourth-order valence-corrected chi connectivity index (χ4v) is 4.63. The van der Waals surface area contributed by atoms with Crippen LogP contribution in [0.5, 0.6) is 0 Å². The molecule has 0 amide bonds. The Morgan fingerprint density at radius 1 is 1.05 bits per heavy atom. The molecule has 0 fully saturated rings. The molecule has 0 spiro atoms. The molecule has 0 aliphatic carbocycles. The summed E-state index contributed by atoms with van der Waals surface area (Å²) >= 11 is 0. The average Bonchev–Trinajstić information content (AvgIpc) is 2.45. The highest BCUT2D eigenvalue weighted by Gasteiger charge is 2.29. The minimum absolute atomic E-state index is 0.337. The highest BCUT2D eigenvalue weighted by atomic mass is 32.2. The third-order valence-electron chi connectivity index (χ3n) is 3.61. The molecule has 0 saturated heterocycles. The fourth-order valence-electron chi connectivity index (χ4n) is 2.59. The molecule has 2 N–H and O–H groups in total. The van der Waals surface area contributed by atoms with Crippen LogP contribution in [-0.4, -0.2) is 15.0 Å². The maximum Gasteiger partial charge on any atom is 0.185 e. The number of benzene rings is 2. The predicted molar refractivity (Wildman–Crippen MR) is 86.0 cm³/mol. The maximum atomic E-state index is 13.0. The van der Waals surface area contributed by atoms with E-state index in [-0.39, 0.29) is 0 Å². The Morgan fingerprint density at radius 3 is 2.29 bits per heavy atom. The van der Waals surface area contributed by atoms with Crippen molar-refractivity contribution in [2.24, 2.45) is 5.73 Å². The summed E-state index contributed by atoms with van der Waals surface area (Å²) in [5, 5.41) is -0.592. The third kappa shape index (κ3) is 3.34. The molecular weight excluding hydrogens is 282 g/mol. The molecule has 112 valence electrons. The lowest BCUT2D eigenvalue weighted by molar-refractivity contribution is 0.575. The monoisotopic (exact) mass is 303 g/mol. The summed E-state index contributed by atoms with van der Waals surface area (Å²) in [5.41, 5.74) is 8.28. The van der Waals surface area contributed by atoms with Gasteiger partial charge in [-0.05, 0) is 44.0 Å². The van der Waals surface area contributed by atoms with Crippen molar-refractivity contribution in [1.82, 2.24) is 0 Å². The quantitative estimate of drug-likeness (QED) is 0.923. The number of nitrogens with two attached hydrogens (primary N) is 1. The summed E-state index contributed by atoms with van der Waals surface area (Å²) in [4.78, 5) is 0.399. The summed E-state index contributed by atoms with van der Waals surface area (Å²) in [6.45, 7) is 4.13. The zero-order chi connectivity index (χ0) is 15.5. The Morgan fingerprint density at radius 2 is 1.71 bits per heavy atom. The van der Waals surface area contributed by atoms with E-state index in [0.29, 0.717) is 17.9 Å². The molecule has 3 nitrogen and oxygen atoms in total. The molecule has 0 aromatic heterocycles. The molecular formula is C17H21NO2S. The number of hydrogen-bond acceptors (Lipinski definition) is 3. The van der Waals surface area contributed by atoms with Gasteiger partial charge in [0.1, 0.15) is 0 Å². The van der Waals surface area contributed by atoms with Crippen molar-refractivity contribution in [2.75, 3.05) is 6.54 Å². The van der Waals surface area contributed by atoms with Crippen molar-refractivity contribution in [3.8, 4) is 0 Å². The van der Waals surface area contributed by atoms with Gasteiger partial charge in [0.25, 0.3) is 0 Å². The number of rotatable bonds is 5. The van der Waals surface area contributed by atoms with Gasteiger partial charge in [-0.3, -0.25) is 0 Å². The van der Waals surface area contributed by atoms with E-state index in [1.165, 1.54) is 0 Å². The van der Waals surface area contributed by atoms with Crippen LogP contribution in [0.3, 0.4) is 0 Å². The molecule has 1 unspecified atom stereocenters. The van der Waals surface area contributed by atoms with Crippen LogP contribution in [0.25, 0.3) is 0 Å². The molecule has 0 aliphatic rings. The summed E-state index contributed by atoms with van der Waals surface area (Å²) < 4.78 is 26.0. The number of aryl methyl sites for hydroxylation is 2. The second-order valence-electron chi connectivity index (χ2n) is 5.29. The first-order valence-electron chi connectivity index (χ1n) is 7.03. The van der Waals surface area contributed by atoms with E-state index >= 15 is 0 Å². The molecule has 2 aromatic carbocycles. The van der Waals surface area contributed by atoms with E-state index in [4.69, 9.17) is 5.73 Å².